The van der Waals surface area contributed by atoms with Crippen molar-refractivity contribution in [3.05, 3.63) is 98.5 Å². The van der Waals surface area contributed by atoms with Crippen molar-refractivity contribution in [2.24, 2.45) is 11.5 Å². The number of nitrogens with zero attached hydrogens (tertiary/aromatic N) is 3. The fraction of sp³-hybridized carbons (Fsp3) is 0.192. The number of rotatable bonds is 8. The van der Waals surface area contributed by atoms with E-state index >= 15 is 0 Å². The monoisotopic (exact) mass is 1000 g/mol. The Kier molecular flexibility index (Phi) is 27.7. The summed E-state index contributed by atoms with van der Waals surface area (Å²) in [7, 11) is 3.76. The predicted molar refractivity (Wildman–Crippen MR) is 210 cm³/mol. The molecule has 0 aromatic heterocycles. The van der Waals surface area contributed by atoms with Crippen molar-refractivity contribution < 1.29 is 55.3 Å². The first-order chi connectivity index (χ1) is 24.1. The average molecular weight is 1010 g/mol. The van der Waals surface area contributed by atoms with Gasteiger partial charge in [-0.2, -0.15) is 0 Å². The van der Waals surface area contributed by atoms with Gasteiger partial charge in [-0.15, -0.1) is 47.3 Å². The van der Waals surface area contributed by atoms with Crippen molar-refractivity contribution in [3.8, 4) is 17.2 Å². The Morgan fingerprint density at radius 2 is 1.02 bits per heavy atom. The van der Waals surface area contributed by atoms with Crippen molar-refractivity contribution >= 4 is 120 Å². The zero-order chi connectivity index (χ0) is 41.0. The minimum absolute atomic E-state index is 0. The third-order valence-corrected chi connectivity index (χ3v) is 6.24. The second kappa shape index (κ2) is 27.6. The van der Waals surface area contributed by atoms with E-state index < -0.39 is 60.4 Å². The second-order valence-corrected chi connectivity index (χ2v) is 15.7. The predicted octanol–water partition coefficient (Wildman–Crippen LogP) is 6.97. The summed E-state index contributed by atoms with van der Waals surface area (Å²) in [6.45, 7) is 2.29. The number of phenolic OH excluding ortho intramolecular Hbond substituents is 1. The number of phenols is 1. The zero-order valence-electron chi connectivity index (χ0n) is 28.6. The summed E-state index contributed by atoms with van der Waals surface area (Å²) < 4.78 is 20.5. The Bertz CT molecular complexity index is 1790. The molecule has 20 nitrogen and oxygen atoms in total. The number of esters is 1. The number of methoxy groups -OCH3 is 3. The molecule has 0 unspecified atom stereocenters. The summed E-state index contributed by atoms with van der Waals surface area (Å²) in [4.78, 5) is 62.2. The molecule has 3 aromatic rings. The summed E-state index contributed by atoms with van der Waals surface area (Å²) in [5.74, 6) is -2.81. The molecule has 0 fully saturated rings. The normalized spacial score (nSPS) is 9.13. The molecule has 3 rings (SSSR count). The SMILES string of the molecule is BrB(Br)Br.COC(=O)c1cc(OC)c(Cl)c([N+](=O)[O-])c1.COc1cc(C(N)=O)cc([N+](=O)[O-])c1Cl.N.NC(=O)c1cc(O)c(Cl)c([N+](=O)[O-])c1.O.[2H]CC. The van der Waals surface area contributed by atoms with Crippen LogP contribution in [-0.4, -0.2) is 67.7 Å². The largest absolute Gasteiger partial charge is 0.506 e. The smallest absolute Gasteiger partial charge is 0.369 e. The highest BCUT2D eigenvalue weighted by Crippen LogP contribution is 2.36. The van der Waals surface area contributed by atoms with Crippen molar-refractivity contribution in [2.75, 3.05) is 21.3 Å². The second-order valence-electron chi connectivity index (χ2n) is 8.09. The van der Waals surface area contributed by atoms with E-state index in [4.69, 9.17) is 62.2 Å². The zero-order valence-corrected chi connectivity index (χ0v) is 34.6. The molecule has 0 radical (unpaired) electrons. The van der Waals surface area contributed by atoms with E-state index in [1.807, 2.05) is 0 Å². The van der Waals surface area contributed by atoms with Gasteiger partial charge in [0.25, 0.3) is 17.1 Å². The van der Waals surface area contributed by atoms with Crippen LogP contribution >= 0.6 is 82.1 Å². The number of carbonyl (C=O) groups is 3. The van der Waals surface area contributed by atoms with E-state index in [0.29, 0.717) is 6.90 Å². The van der Waals surface area contributed by atoms with Gasteiger partial charge in [0.1, 0.15) is 17.2 Å². The Morgan fingerprint density at radius 3 is 1.30 bits per heavy atom. The summed E-state index contributed by atoms with van der Waals surface area (Å²) >= 11 is 26.1. The molecule has 0 atom stereocenters. The number of hydrogen-bond donors (Lipinski definition) is 4. The van der Waals surface area contributed by atoms with Crippen LogP contribution in [0.5, 0.6) is 17.2 Å². The van der Waals surface area contributed by atoms with Crippen LogP contribution in [0.1, 0.15) is 46.3 Å². The minimum Gasteiger partial charge on any atom is -0.506 e. The topological polar surface area (TPSA) is 347 Å². The molecule has 53 heavy (non-hydrogen) atoms. The van der Waals surface area contributed by atoms with Crippen molar-refractivity contribution in [1.82, 2.24) is 6.15 Å². The molecule has 0 saturated carbocycles. The lowest BCUT2D eigenvalue weighted by atomic mass is 10.2. The Hall–Kier alpha value is -4.04. The highest BCUT2D eigenvalue weighted by Gasteiger charge is 2.23. The Morgan fingerprint density at radius 1 is 0.736 bits per heavy atom. The van der Waals surface area contributed by atoms with Gasteiger partial charge in [-0.3, -0.25) is 39.9 Å². The summed E-state index contributed by atoms with van der Waals surface area (Å²) in [5, 5.41) is 40.1. The summed E-state index contributed by atoms with van der Waals surface area (Å²) in [6, 6.07) is 6.45. The van der Waals surface area contributed by atoms with E-state index in [9.17, 15) is 44.7 Å². The number of hydrogen-bond acceptors (Lipinski definition) is 14. The molecule has 294 valence electrons. The van der Waals surface area contributed by atoms with Gasteiger partial charge >= 0.3 is 9.15 Å². The first-order valence-electron chi connectivity index (χ1n) is 13.4. The van der Waals surface area contributed by atoms with Crippen molar-refractivity contribution in [1.29, 1.82) is 0 Å². The number of nitro groups is 3. The first-order valence-corrected chi connectivity index (χ1v) is 16.5. The van der Waals surface area contributed by atoms with Gasteiger partial charge in [0.2, 0.25) is 11.8 Å². The molecule has 0 aliphatic heterocycles. The molecular weight excluding hydrogens is 977 g/mol. The van der Waals surface area contributed by atoms with Gasteiger partial charge in [0, 0.05) is 30.7 Å². The van der Waals surface area contributed by atoms with Crippen LogP contribution < -0.4 is 27.1 Å². The molecule has 0 aliphatic carbocycles. The first kappa shape index (κ1) is 53.3. The number of aromatic hydroxyl groups is 1. The lowest BCUT2D eigenvalue weighted by Crippen LogP contribution is -2.11. The van der Waals surface area contributed by atoms with Crippen LogP contribution in [0.3, 0.4) is 0 Å². The van der Waals surface area contributed by atoms with E-state index in [-0.39, 0.29) is 53.0 Å². The Balaban J connectivity index is -0.000000314. The third-order valence-electron chi connectivity index (χ3n) is 5.09. The molecule has 2 amide bonds. The number of nitro benzene ring substituents is 3. The fourth-order valence-electron chi connectivity index (χ4n) is 2.98. The van der Waals surface area contributed by atoms with Crippen molar-refractivity contribution in [2.45, 2.75) is 13.8 Å². The maximum absolute atomic E-state index is 11.2. The molecule has 0 aliphatic rings. The quantitative estimate of drug-likeness (QED) is 0.0766. The lowest BCUT2D eigenvalue weighted by molar-refractivity contribution is -0.384. The van der Waals surface area contributed by atoms with Gasteiger partial charge in [-0.05, 0) is 18.2 Å². The van der Waals surface area contributed by atoms with Gasteiger partial charge < -0.3 is 42.4 Å². The number of halogens is 6. The van der Waals surface area contributed by atoms with Crippen LogP contribution in [0.4, 0.5) is 17.1 Å². The molecule has 0 heterocycles. The maximum Gasteiger partial charge on any atom is 0.369 e. The van der Waals surface area contributed by atoms with Gasteiger partial charge in [-0.1, -0.05) is 48.6 Å². The van der Waals surface area contributed by atoms with Crippen LogP contribution in [-0.2, 0) is 4.74 Å². The van der Waals surface area contributed by atoms with Gasteiger partial charge in [-0.25, -0.2) is 4.79 Å². The van der Waals surface area contributed by atoms with Gasteiger partial charge in [0.15, 0.2) is 15.1 Å². The molecule has 27 heteroatoms. The van der Waals surface area contributed by atoms with Crippen LogP contribution in [0.2, 0.25) is 15.1 Å². The number of nitrogens with two attached hydrogens (primary N) is 2. The molecular formula is C26H31BBr3Cl3N6O14. The molecule has 0 saturated heterocycles. The van der Waals surface area contributed by atoms with E-state index in [1.165, 1.54) is 33.5 Å². The van der Waals surface area contributed by atoms with E-state index in [0.717, 1.165) is 24.3 Å². The lowest BCUT2D eigenvalue weighted by Gasteiger charge is -2.06. The highest BCUT2D eigenvalue weighted by atomic mass is 79.9. The number of amides is 2. The number of benzene rings is 3. The number of carbonyl (C=O) groups excluding carboxylic acids is 3. The summed E-state index contributed by atoms with van der Waals surface area (Å²) in [5.41, 5.74) is 8.33. The van der Waals surface area contributed by atoms with Crippen LogP contribution in [0.15, 0.2) is 36.4 Å². The van der Waals surface area contributed by atoms with E-state index in [2.05, 4.69) is 52.0 Å². The van der Waals surface area contributed by atoms with Crippen LogP contribution in [0.25, 0.3) is 0 Å². The maximum atomic E-state index is 11.2. The number of ether oxygens (including phenoxy) is 3. The highest BCUT2D eigenvalue weighted by molar-refractivity contribution is 9.69. The van der Waals surface area contributed by atoms with Crippen molar-refractivity contribution in [3.63, 3.8) is 0 Å². The van der Waals surface area contributed by atoms with Crippen LogP contribution in [0, 0.1) is 30.3 Å². The summed E-state index contributed by atoms with van der Waals surface area (Å²) in [6.07, 6.45) is 0. The Labute approximate surface area is 342 Å². The standard InChI is InChI=1S/C9H8ClNO5.C8H7ClN2O4.C7H5ClN2O4.C2H6.BBr3.H3N.H2O/c1-15-7-4-5(9(12)16-2)3-6(8(7)10)11(13)14;1-15-6-3-4(8(10)12)2-5(7(6)9)11(13)14;8-6-4(10(13)14)1-3(7(9)12)2-5(6)11;1-2;2-1(3)4;;/h3-4H,1-2H3;2-3H,1H3,(H2,10,12);1-2,11H,(H2,9,12);1-2H3;;1H3;1H2/i;;;1D;;;. The number of primary amides is 2. The average Bonchev–Trinajstić information content (AvgIpc) is 3.05. The third kappa shape index (κ3) is 18.5. The minimum atomic E-state index is -0.875. The molecule has 0 bridgehead atoms. The molecule has 3 aromatic carbocycles. The van der Waals surface area contributed by atoms with E-state index in [1.54, 1.807) is 6.92 Å². The molecule has 0 spiro atoms. The molecule has 10 N–H and O–H groups in total. The fourth-order valence-corrected chi connectivity index (χ4v) is 3.66. The van der Waals surface area contributed by atoms with Gasteiger partial charge in [0.05, 0.1) is 41.7 Å².